The Morgan fingerprint density at radius 3 is 2.82 bits per heavy atom. The summed E-state index contributed by atoms with van der Waals surface area (Å²) in [5, 5.41) is 9.95. The lowest BCUT2D eigenvalue weighted by molar-refractivity contribution is -0.383. The summed E-state index contributed by atoms with van der Waals surface area (Å²) in [5.74, 6) is 0.765. The third kappa shape index (κ3) is 5.56. The second-order valence-corrected chi connectivity index (χ2v) is 5.68. The lowest BCUT2D eigenvalue weighted by atomic mass is 10.1. The molecule has 0 saturated carbocycles. The van der Waals surface area contributed by atoms with E-state index in [1.807, 2.05) is 38.1 Å². The minimum absolute atomic E-state index is 0.0549. The van der Waals surface area contributed by atoms with Gasteiger partial charge in [0.1, 0.15) is 11.9 Å². The van der Waals surface area contributed by atoms with E-state index in [9.17, 15) is 5.11 Å². The molecule has 1 fully saturated rings. The molecule has 2 rings (SSSR count). The topological polar surface area (TPSA) is 55.9 Å². The van der Waals surface area contributed by atoms with Crippen molar-refractivity contribution in [2.75, 3.05) is 26.2 Å². The van der Waals surface area contributed by atoms with Crippen LogP contribution in [0.2, 0.25) is 0 Å². The van der Waals surface area contributed by atoms with Gasteiger partial charge in [-0.1, -0.05) is 12.5 Å². The molecule has 0 spiro atoms. The van der Waals surface area contributed by atoms with Crippen molar-refractivity contribution in [3.05, 3.63) is 24.3 Å². The molecule has 1 heterocycles. The smallest absolute Gasteiger partial charge is 0.494 e. The van der Waals surface area contributed by atoms with E-state index < -0.39 is 0 Å². The molecule has 1 aliphatic rings. The van der Waals surface area contributed by atoms with E-state index in [1.54, 1.807) is 0 Å². The molecule has 0 unspecified atom stereocenters. The average molecular weight is 307 g/mol. The number of hydrogen-bond acceptors (Lipinski definition) is 3. The number of hydrogen-bond donors (Lipinski definition) is 2. The molecule has 5 nitrogen and oxygen atoms in total. The van der Waals surface area contributed by atoms with E-state index in [1.165, 1.54) is 19.3 Å². The normalized spacial score (nSPS) is 18.0. The minimum atomic E-state index is -0.168. The maximum atomic E-state index is 9.95. The molecule has 0 amide bonds. The van der Waals surface area contributed by atoms with Crippen LogP contribution in [-0.2, 0) is 4.74 Å². The van der Waals surface area contributed by atoms with Crippen LogP contribution in [0.1, 0.15) is 33.1 Å². The second kappa shape index (κ2) is 8.63. The Morgan fingerprint density at radius 1 is 1.32 bits per heavy atom. The number of rotatable bonds is 6. The Morgan fingerprint density at radius 2 is 2.09 bits per heavy atom. The van der Waals surface area contributed by atoms with Gasteiger partial charge in [0.2, 0.25) is 5.69 Å². The Kier molecular flexibility index (Phi) is 6.52. The molecule has 1 aliphatic heterocycles. The number of nitrogens with zero attached hydrogens (tertiary/aromatic N) is 1. The van der Waals surface area contributed by atoms with Crippen LogP contribution in [0.15, 0.2) is 24.3 Å². The van der Waals surface area contributed by atoms with Crippen LogP contribution < -0.4 is 9.73 Å². The molecular weight excluding hydrogens is 280 g/mol. The van der Waals surface area contributed by atoms with E-state index in [0.29, 0.717) is 6.61 Å². The van der Waals surface area contributed by atoms with Crippen LogP contribution in [0.3, 0.4) is 0 Å². The van der Waals surface area contributed by atoms with Crippen molar-refractivity contribution in [3.8, 4) is 5.75 Å². The lowest BCUT2D eigenvalue weighted by Crippen LogP contribution is -2.67. The molecule has 22 heavy (non-hydrogen) atoms. The number of likely N-dealkylation sites (tertiary alicyclic amines) is 1. The van der Waals surface area contributed by atoms with E-state index in [-0.39, 0.29) is 12.2 Å². The van der Waals surface area contributed by atoms with Crippen LogP contribution in [-0.4, -0.2) is 48.4 Å². The van der Waals surface area contributed by atoms with Crippen LogP contribution >= 0.6 is 0 Å². The first-order valence-corrected chi connectivity index (χ1v) is 8.12. The highest BCUT2D eigenvalue weighted by atomic mass is 16.6. The molecule has 1 saturated heterocycles. The van der Waals surface area contributed by atoms with Crippen LogP contribution in [0, 0.1) is 0 Å². The SMILES string of the molecule is CCOc1cccc([NH+]=C(O)O[C@@H](C)CN2CCCCC2)c1. The zero-order valence-electron chi connectivity index (χ0n) is 13.5. The monoisotopic (exact) mass is 307 g/mol. The number of ether oxygens (including phenoxy) is 2. The Hall–Kier alpha value is -1.75. The van der Waals surface area contributed by atoms with Gasteiger partial charge < -0.3 is 14.6 Å². The average Bonchev–Trinajstić information content (AvgIpc) is 2.48. The van der Waals surface area contributed by atoms with Crippen molar-refractivity contribution in [1.29, 1.82) is 0 Å². The fraction of sp³-hybridized carbons (Fsp3) is 0.588. The number of aliphatic hydroxyl groups excluding tert-OH is 1. The van der Waals surface area contributed by atoms with Crippen molar-refractivity contribution in [2.45, 2.75) is 39.2 Å². The highest BCUT2D eigenvalue weighted by Gasteiger charge is 2.17. The predicted octanol–water partition coefficient (Wildman–Crippen LogP) is 1.60. The van der Waals surface area contributed by atoms with Gasteiger partial charge in [0.25, 0.3) is 0 Å². The fourth-order valence-electron chi connectivity index (χ4n) is 2.72. The summed E-state index contributed by atoms with van der Waals surface area (Å²) in [6.07, 6.45) is 3.61. The number of benzene rings is 1. The highest BCUT2D eigenvalue weighted by Crippen LogP contribution is 2.13. The first-order chi connectivity index (χ1) is 10.7. The van der Waals surface area contributed by atoms with E-state index in [4.69, 9.17) is 9.47 Å². The van der Waals surface area contributed by atoms with Crippen LogP contribution in [0.25, 0.3) is 0 Å². The van der Waals surface area contributed by atoms with Crippen molar-refractivity contribution in [1.82, 2.24) is 4.90 Å². The number of aliphatic hydroxyl groups is 1. The molecule has 1 aromatic carbocycles. The standard InChI is InChI=1S/C17H26N2O3/c1-3-21-16-9-7-8-15(12-16)18-17(20)22-14(2)13-19-10-5-4-6-11-19/h7-9,12,14H,3-6,10-11,13H2,1-2H3,(H,18,20)/p+1/t14-/m0/s1. The molecule has 0 bridgehead atoms. The van der Waals surface area contributed by atoms with E-state index >= 15 is 0 Å². The van der Waals surface area contributed by atoms with Crippen LogP contribution in [0.4, 0.5) is 5.69 Å². The largest absolute Gasteiger partial charge is 0.551 e. The molecule has 0 aromatic heterocycles. The van der Waals surface area contributed by atoms with Gasteiger partial charge in [0.15, 0.2) is 0 Å². The summed E-state index contributed by atoms with van der Waals surface area (Å²) in [5.41, 5.74) is 0.744. The van der Waals surface area contributed by atoms with Crippen molar-refractivity contribution in [2.24, 2.45) is 0 Å². The van der Waals surface area contributed by atoms with Gasteiger partial charge in [-0.25, -0.2) is 0 Å². The van der Waals surface area contributed by atoms with E-state index in [2.05, 4.69) is 9.89 Å². The van der Waals surface area contributed by atoms with Gasteiger partial charge in [-0.3, -0.25) is 4.90 Å². The summed E-state index contributed by atoms with van der Waals surface area (Å²) in [7, 11) is 0. The molecular formula is C17H27N2O3+. The minimum Gasteiger partial charge on any atom is -0.494 e. The number of piperidine rings is 1. The van der Waals surface area contributed by atoms with Crippen molar-refractivity contribution >= 4 is 11.8 Å². The molecule has 0 radical (unpaired) electrons. The Bertz CT molecular complexity index is 485. The van der Waals surface area contributed by atoms with Gasteiger partial charge in [-0.2, -0.15) is 0 Å². The van der Waals surface area contributed by atoms with Gasteiger partial charge in [-0.15, -0.1) is 4.99 Å². The van der Waals surface area contributed by atoms with Crippen LogP contribution in [0.5, 0.6) is 5.75 Å². The fourth-order valence-corrected chi connectivity index (χ4v) is 2.72. The zero-order valence-corrected chi connectivity index (χ0v) is 13.5. The molecule has 0 aliphatic carbocycles. The van der Waals surface area contributed by atoms with Gasteiger partial charge in [-0.05, 0) is 45.8 Å². The van der Waals surface area contributed by atoms with Crippen molar-refractivity contribution in [3.63, 3.8) is 0 Å². The maximum Gasteiger partial charge on any atom is 0.551 e. The Balaban J connectivity index is 1.86. The highest BCUT2D eigenvalue weighted by molar-refractivity contribution is 5.59. The third-order valence-corrected chi connectivity index (χ3v) is 3.67. The molecule has 1 aromatic rings. The first kappa shape index (κ1) is 16.6. The summed E-state index contributed by atoms with van der Waals surface area (Å²) in [4.78, 5) is 5.25. The summed E-state index contributed by atoms with van der Waals surface area (Å²) in [6, 6.07) is 7.44. The molecule has 5 heteroatoms. The summed E-state index contributed by atoms with van der Waals surface area (Å²) in [6.45, 7) is 7.61. The maximum absolute atomic E-state index is 9.95. The summed E-state index contributed by atoms with van der Waals surface area (Å²) < 4.78 is 11.0. The van der Waals surface area contributed by atoms with Gasteiger partial charge >= 0.3 is 6.08 Å². The molecule has 1 atom stereocenters. The third-order valence-electron chi connectivity index (χ3n) is 3.67. The van der Waals surface area contributed by atoms with Gasteiger partial charge in [0, 0.05) is 12.6 Å². The van der Waals surface area contributed by atoms with Crippen molar-refractivity contribution < 1.29 is 19.6 Å². The molecule has 2 N–H and O–H groups in total. The second-order valence-electron chi connectivity index (χ2n) is 5.68. The van der Waals surface area contributed by atoms with Gasteiger partial charge in [0.05, 0.1) is 12.7 Å². The predicted molar refractivity (Wildman–Crippen MR) is 86.7 cm³/mol. The molecule has 122 valence electrons. The van der Waals surface area contributed by atoms with E-state index in [0.717, 1.165) is 31.1 Å². The zero-order chi connectivity index (χ0) is 15.8. The quantitative estimate of drug-likeness (QED) is 0.619. The first-order valence-electron chi connectivity index (χ1n) is 8.12. The lowest BCUT2D eigenvalue weighted by Gasteiger charge is -2.28. The Labute approximate surface area is 132 Å². The summed E-state index contributed by atoms with van der Waals surface area (Å²) >= 11 is 0. The number of nitrogens with one attached hydrogen (secondary N) is 1.